The SMILES string of the molecule is Cc1cc(C(=O)N(C)CC2CC2)ccc1C#CCCO. The lowest BCUT2D eigenvalue weighted by Crippen LogP contribution is -2.28. The Morgan fingerprint density at radius 2 is 2.20 bits per heavy atom. The second kappa shape index (κ2) is 6.58. The van der Waals surface area contributed by atoms with Crippen molar-refractivity contribution in [2.45, 2.75) is 26.2 Å². The quantitative estimate of drug-likeness (QED) is 0.853. The molecule has 0 atom stereocenters. The highest BCUT2D eigenvalue weighted by Crippen LogP contribution is 2.29. The zero-order chi connectivity index (χ0) is 14.5. The maximum absolute atomic E-state index is 12.3. The van der Waals surface area contributed by atoms with Gasteiger partial charge in [0.25, 0.3) is 5.91 Å². The average Bonchev–Trinajstić information content (AvgIpc) is 3.23. The first-order chi connectivity index (χ1) is 9.61. The van der Waals surface area contributed by atoms with E-state index in [0.29, 0.717) is 12.3 Å². The molecule has 1 N–H and O–H groups in total. The van der Waals surface area contributed by atoms with Crippen LogP contribution in [-0.2, 0) is 0 Å². The van der Waals surface area contributed by atoms with Gasteiger partial charge in [0, 0.05) is 31.1 Å². The highest BCUT2D eigenvalue weighted by Gasteiger charge is 2.25. The Bertz CT molecular complexity index is 550. The van der Waals surface area contributed by atoms with Crippen molar-refractivity contribution in [1.82, 2.24) is 4.90 Å². The molecule has 0 aliphatic heterocycles. The zero-order valence-corrected chi connectivity index (χ0v) is 12.1. The van der Waals surface area contributed by atoms with Crippen LogP contribution in [0.2, 0.25) is 0 Å². The van der Waals surface area contributed by atoms with E-state index in [4.69, 9.17) is 5.11 Å². The largest absolute Gasteiger partial charge is 0.395 e. The molecule has 0 aromatic heterocycles. The van der Waals surface area contributed by atoms with Gasteiger partial charge in [-0.2, -0.15) is 0 Å². The van der Waals surface area contributed by atoms with Crippen molar-refractivity contribution in [3.63, 3.8) is 0 Å². The summed E-state index contributed by atoms with van der Waals surface area (Å²) in [6.07, 6.45) is 2.97. The predicted octanol–water partition coefficient (Wildman–Crippen LogP) is 2.21. The molecule has 1 amide bonds. The van der Waals surface area contributed by atoms with Crippen molar-refractivity contribution in [1.29, 1.82) is 0 Å². The summed E-state index contributed by atoms with van der Waals surface area (Å²) in [6.45, 7) is 2.89. The number of aryl methyl sites for hydroxylation is 1. The third-order valence-electron chi connectivity index (χ3n) is 3.51. The molecule has 0 unspecified atom stereocenters. The molecule has 0 saturated heterocycles. The molecule has 0 spiro atoms. The lowest BCUT2D eigenvalue weighted by molar-refractivity contribution is 0.0788. The zero-order valence-electron chi connectivity index (χ0n) is 12.1. The Balaban J connectivity index is 2.07. The molecule has 1 saturated carbocycles. The number of rotatable bonds is 4. The van der Waals surface area contributed by atoms with Gasteiger partial charge in [0.05, 0.1) is 6.61 Å². The normalized spacial score (nSPS) is 13.6. The summed E-state index contributed by atoms with van der Waals surface area (Å²) >= 11 is 0. The van der Waals surface area contributed by atoms with Crippen molar-refractivity contribution < 1.29 is 9.90 Å². The van der Waals surface area contributed by atoms with Crippen LogP contribution in [0.3, 0.4) is 0 Å². The van der Waals surface area contributed by atoms with Gasteiger partial charge in [0.1, 0.15) is 0 Å². The number of benzene rings is 1. The predicted molar refractivity (Wildman–Crippen MR) is 79.4 cm³/mol. The lowest BCUT2D eigenvalue weighted by atomic mass is 10.0. The summed E-state index contributed by atoms with van der Waals surface area (Å²) < 4.78 is 0. The van der Waals surface area contributed by atoms with E-state index in [1.807, 2.05) is 37.1 Å². The summed E-state index contributed by atoms with van der Waals surface area (Å²) in [4.78, 5) is 14.1. The van der Waals surface area contributed by atoms with Gasteiger partial charge in [0.2, 0.25) is 0 Å². The second-order valence-electron chi connectivity index (χ2n) is 5.43. The highest BCUT2D eigenvalue weighted by atomic mass is 16.2. The topological polar surface area (TPSA) is 40.5 Å². The van der Waals surface area contributed by atoms with Crippen molar-refractivity contribution in [2.75, 3.05) is 20.2 Å². The number of aliphatic hydroxyl groups excluding tert-OH is 1. The molecular formula is C17H21NO2. The Morgan fingerprint density at radius 3 is 2.80 bits per heavy atom. The number of nitrogens with zero attached hydrogens (tertiary/aromatic N) is 1. The number of hydrogen-bond acceptors (Lipinski definition) is 2. The van der Waals surface area contributed by atoms with Gasteiger partial charge in [-0.05, 0) is 49.4 Å². The van der Waals surface area contributed by atoms with Crippen LogP contribution in [0.25, 0.3) is 0 Å². The minimum atomic E-state index is 0.0780. The molecule has 1 fully saturated rings. The van der Waals surface area contributed by atoms with Crippen LogP contribution in [0.15, 0.2) is 18.2 Å². The monoisotopic (exact) mass is 271 g/mol. The Hall–Kier alpha value is -1.79. The van der Waals surface area contributed by atoms with Crippen molar-refractivity contribution in [3.8, 4) is 11.8 Å². The molecule has 1 aromatic carbocycles. The number of aliphatic hydroxyl groups is 1. The van der Waals surface area contributed by atoms with Crippen LogP contribution < -0.4 is 0 Å². The van der Waals surface area contributed by atoms with E-state index in [1.165, 1.54) is 12.8 Å². The van der Waals surface area contributed by atoms with Gasteiger partial charge in [0.15, 0.2) is 0 Å². The molecular weight excluding hydrogens is 250 g/mol. The van der Waals surface area contributed by atoms with Crippen molar-refractivity contribution in [2.24, 2.45) is 5.92 Å². The van der Waals surface area contributed by atoms with Gasteiger partial charge < -0.3 is 10.0 Å². The fourth-order valence-electron chi connectivity index (χ4n) is 2.14. The fraction of sp³-hybridized carbons (Fsp3) is 0.471. The number of carbonyl (C=O) groups excluding carboxylic acids is 1. The minimum Gasteiger partial charge on any atom is -0.395 e. The summed E-state index contributed by atoms with van der Waals surface area (Å²) in [5, 5.41) is 8.72. The summed E-state index contributed by atoms with van der Waals surface area (Å²) in [7, 11) is 1.87. The number of carbonyl (C=O) groups is 1. The molecule has 106 valence electrons. The van der Waals surface area contributed by atoms with Crippen LogP contribution in [0, 0.1) is 24.7 Å². The molecule has 1 aromatic rings. The maximum Gasteiger partial charge on any atom is 0.253 e. The molecule has 3 heteroatoms. The Morgan fingerprint density at radius 1 is 1.45 bits per heavy atom. The summed E-state index contributed by atoms with van der Waals surface area (Å²) in [6, 6.07) is 5.62. The van der Waals surface area contributed by atoms with E-state index < -0.39 is 0 Å². The molecule has 1 aliphatic rings. The first kappa shape index (κ1) is 14.6. The van der Waals surface area contributed by atoms with Crippen LogP contribution in [-0.4, -0.2) is 36.1 Å². The Labute approximate surface area is 120 Å². The molecule has 3 nitrogen and oxygen atoms in total. The van der Waals surface area contributed by atoms with Gasteiger partial charge in [-0.25, -0.2) is 0 Å². The minimum absolute atomic E-state index is 0.0780. The van der Waals surface area contributed by atoms with E-state index in [9.17, 15) is 4.79 Å². The lowest BCUT2D eigenvalue weighted by Gasteiger charge is -2.17. The first-order valence-corrected chi connectivity index (χ1v) is 7.07. The molecule has 1 aliphatic carbocycles. The fourth-order valence-corrected chi connectivity index (χ4v) is 2.14. The van der Waals surface area contributed by atoms with Crippen molar-refractivity contribution in [3.05, 3.63) is 34.9 Å². The van der Waals surface area contributed by atoms with Gasteiger partial charge in [-0.15, -0.1) is 0 Å². The number of hydrogen-bond donors (Lipinski definition) is 1. The smallest absolute Gasteiger partial charge is 0.253 e. The van der Waals surface area contributed by atoms with Gasteiger partial charge in [-0.1, -0.05) is 11.8 Å². The maximum atomic E-state index is 12.3. The van der Waals surface area contributed by atoms with Crippen LogP contribution >= 0.6 is 0 Å². The molecule has 2 rings (SSSR count). The van der Waals surface area contributed by atoms with E-state index in [2.05, 4.69) is 11.8 Å². The van der Waals surface area contributed by atoms with E-state index in [1.54, 1.807) is 0 Å². The van der Waals surface area contributed by atoms with Crippen LogP contribution in [0.1, 0.15) is 40.7 Å². The summed E-state index contributed by atoms with van der Waals surface area (Å²) in [5.41, 5.74) is 2.64. The third-order valence-corrected chi connectivity index (χ3v) is 3.51. The first-order valence-electron chi connectivity index (χ1n) is 7.07. The van der Waals surface area contributed by atoms with E-state index >= 15 is 0 Å². The van der Waals surface area contributed by atoms with Crippen LogP contribution in [0.4, 0.5) is 0 Å². The molecule has 0 bridgehead atoms. The number of amides is 1. The van der Waals surface area contributed by atoms with Gasteiger partial charge >= 0.3 is 0 Å². The van der Waals surface area contributed by atoms with Crippen LogP contribution in [0.5, 0.6) is 0 Å². The average molecular weight is 271 g/mol. The molecule has 0 heterocycles. The van der Waals surface area contributed by atoms with E-state index in [0.717, 1.165) is 23.2 Å². The highest BCUT2D eigenvalue weighted by molar-refractivity contribution is 5.94. The molecule has 0 radical (unpaired) electrons. The van der Waals surface area contributed by atoms with E-state index in [-0.39, 0.29) is 12.5 Å². The molecule has 20 heavy (non-hydrogen) atoms. The third kappa shape index (κ3) is 3.85. The second-order valence-corrected chi connectivity index (χ2v) is 5.43. The van der Waals surface area contributed by atoms with Crippen molar-refractivity contribution >= 4 is 5.91 Å². The van der Waals surface area contributed by atoms with Gasteiger partial charge in [-0.3, -0.25) is 4.79 Å². The Kier molecular flexibility index (Phi) is 4.81. The standard InChI is InChI=1S/C17H21NO2/c1-13-11-16(9-8-15(13)5-3-4-10-19)17(20)18(2)12-14-6-7-14/h8-9,11,14,19H,4,6-7,10,12H2,1-2H3. The summed E-state index contributed by atoms with van der Waals surface area (Å²) in [5.74, 6) is 6.70.